The lowest BCUT2D eigenvalue weighted by molar-refractivity contribution is 0.0691. The van der Waals surface area contributed by atoms with Crippen LogP contribution in [0.2, 0.25) is 0 Å². The van der Waals surface area contributed by atoms with Crippen molar-refractivity contribution in [3.05, 3.63) is 18.0 Å². The molecule has 0 amide bonds. The lowest BCUT2D eigenvalue weighted by Crippen LogP contribution is -2.32. The number of aromatic amines is 1. The van der Waals surface area contributed by atoms with E-state index in [9.17, 15) is 17.4 Å². The Balaban J connectivity index is 2.80. The van der Waals surface area contributed by atoms with Crippen molar-refractivity contribution in [2.24, 2.45) is 0 Å². The van der Waals surface area contributed by atoms with Crippen molar-refractivity contribution in [1.82, 2.24) is 9.71 Å². The van der Waals surface area contributed by atoms with Crippen LogP contribution in [-0.4, -0.2) is 46.7 Å². The zero-order chi connectivity index (χ0) is 13.9. The second-order valence-corrected chi connectivity index (χ2v) is 7.28. The molecule has 0 aromatic carbocycles. The molecule has 1 aromatic rings. The van der Waals surface area contributed by atoms with Crippen LogP contribution in [0.25, 0.3) is 0 Å². The fraction of sp³-hybridized carbons (Fsp3) is 0.444. The first-order chi connectivity index (χ1) is 8.24. The topological polar surface area (TPSA) is 116 Å². The van der Waals surface area contributed by atoms with Gasteiger partial charge in [0.25, 0.3) is 0 Å². The first kappa shape index (κ1) is 14.9. The molecule has 0 aliphatic heterocycles. The third-order valence-electron chi connectivity index (χ3n) is 2.32. The molecule has 2 unspecified atom stereocenters. The highest BCUT2D eigenvalue weighted by molar-refractivity contribution is 7.89. The molecule has 0 bridgehead atoms. The van der Waals surface area contributed by atoms with Crippen LogP contribution < -0.4 is 4.72 Å². The number of rotatable bonds is 6. The SMILES string of the molecule is CC(CNS(=O)(=O)c1c[nH]c(C(=O)O)c1)S(C)=O. The van der Waals surface area contributed by atoms with Gasteiger partial charge in [-0.1, -0.05) is 0 Å². The Labute approximate surface area is 107 Å². The van der Waals surface area contributed by atoms with Crippen LogP contribution in [0.5, 0.6) is 0 Å². The number of aromatic carboxylic acids is 1. The van der Waals surface area contributed by atoms with Gasteiger partial charge >= 0.3 is 5.97 Å². The highest BCUT2D eigenvalue weighted by Crippen LogP contribution is 2.10. The third kappa shape index (κ3) is 3.65. The summed E-state index contributed by atoms with van der Waals surface area (Å²) >= 11 is 0. The molecule has 0 aliphatic rings. The Morgan fingerprint density at radius 3 is 2.67 bits per heavy atom. The van der Waals surface area contributed by atoms with Gasteiger partial charge in [0, 0.05) is 35.0 Å². The van der Waals surface area contributed by atoms with Crippen LogP contribution in [-0.2, 0) is 20.8 Å². The lowest BCUT2D eigenvalue weighted by atomic mass is 10.4. The summed E-state index contributed by atoms with van der Waals surface area (Å²) in [6.45, 7) is 1.68. The van der Waals surface area contributed by atoms with Gasteiger partial charge in [-0.3, -0.25) is 4.21 Å². The number of hydrogen-bond donors (Lipinski definition) is 3. The summed E-state index contributed by atoms with van der Waals surface area (Å²) in [4.78, 5) is 12.8. The number of aromatic nitrogens is 1. The van der Waals surface area contributed by atoms with Gasteiger partial charge in [0.1, 0.15) is 10.6 Å². The van der Waals surface area contributed by atoms with Crippen LogP contribution >= 0.6 is 0 Å². The summed E-state index contributed by atoms with van der Waals surface area (Å²) in [5.41, 5.74) is -0.206. The van der Waals surface area contributed by atoms with E-state index in [1.165, 1.54) is 6.26 Å². The Hall–Kier alpha value is -1.19. The van der Waals surface area contributed by atoms with E-state index in [0.29, 0.717) is 0 Å². The van der Waals surface area contributed by atoms with Crippen molar-refractivity contribution < 1.29 is 22.5 Å². The van der Waals surface area contributed by atoms with Gasteiger partial charge in [-0.2, -0.15) is 0 Å². The summed E-state index contributed by atoms with van der Waals surface area (Å²) in [5.74, 6) is -1.24. The molecule has 0 fully saturated rings. The standard InChI is InChI=1S/C9H14N2O5S2/c1-6(17(2)14)4-11-18(15,16)7-3-8(9(12)13)10-5-7/h3,5-6,10-11H,4H2,1-2H3,(H,12,13). The van der Waals surface area contributed by atoms with E-state index in [1.54, 1.807) is 6.92 Å². The summed E-state index contributed by atoms with van der Waals surface area (Å²) in [5, 5.41) is 8.35. The second-order valence-electron chi connectivity index (χ2n) is 3.72. The molecule has 102 valence electrons. The Bertz CT molecular complexity index is 563. The van der Waals surface area contributed by atoms with E-state index in [1.807, 2.05) is 0 Å². The number of hydrogen-bond acceptors (Lipinski definition) is 4. The molecule has 0 aliphatic carbocycles. The monoisotopic (exact) mass is 294 g/mol. The molecule has 7 nitrogen and oxygen atoms in total. The molecule has 3 N–H and O–H groups in total. The molecule has 0 spiro atoms. The zero-order valence-electron chi connectivity index (χ0n) is 9.84. The van der Waals surface area contributed by atoms with Crippen LogP contribution in [0.4, 0.5) is 0 Å². The number of H-pyrrole nitrogens is 1. The van der Waals surface area contributed by atoms with Gasteiger partial charge in [-0.05, 0) is 13.0 Å². The normalized spacial score (nSPS) is 15.2. The van der Waals surface area contributed by atoms with Gasteiger partial charge in [0.05, 0.1) is 0 Å². The molecule has 0 radical (unpaired) electrons. The highest BCUT2D eigenvalue weighted by atomic mass is 32.2. The quantitative estimate of drug-likeness (QED) is 0.669. The van der Waals surface area contributed by atoms with Gasteiger partial charge < -0.3 is 10.1 Å². The number of nitrogens with one attached hydrogen (secondary N) is 2. The van der Waals surface area contributed by atoms with Crippen molar-refractivity contribution in [3.63, 3.8) is 0 Å². The minimum Gasteiger partial charge on any atom is -0.477 e. The summed E-state index contributed by atoms with van der Waals surface area (Å²) in [6.07, 6.45) is 2.58. The molecule has 1 heterocycles. The third-order valence-corrected chi connectivity index (χ3v) is 5.03. The minimum absolute atomic E-state index is 0.0268. The Kier molecular flexibility index (Phi) is 4.65. The van der Waals surface area contributed by atoms with Gasteiger partial charge in [-0.25, -0.2) is 17.9 Å². The molecule has 9 heteroatoms. The van der Waals surface area contributed by atoms with Crippen molar-refractivity contribution in [2.45, 2.75) is 17.1 Å². The van der Waals surface area contributed by atoms with Crippen molar-refractivity contribution in [1.29, 1.82) is 0 Å². The largest absolute Gasteiger partial charge is 0.477 e. The molecule has 1 aromatic heterocycles. The molecule has 0 saturated heterocycles. The fourth-order valence-corrected chi connectivity index (χ4v) is 2.63. The van der Waals surface area contributed by atoms with Crippen LogP contribution in [0.1, 0.15) is 17.4 Å². The first-order valence-electron chi connectivity index (χ1n) is 4.97. The molecule has 2 atom stereocenters. The summed E-state index contributed by atoms with van der Waals surface area (Å²) in [7, 11) is -4.91. The summed E-state index contributed by atoms with van der Waals surface area (Å²) < 4.78 is 36.9. The predicted molar refractivity (Wildman–Crippen MR) is 66.5 cm³/mol. The first-order valence-corrected chi connectivity index (χ1v) is 8.08. The molecular formula is C9H14N2O5S2. The molecule has 0 saturated carbocycles. The average molecular weight is 294 g/mol. The van der Waals surface area contributed by atoms with E-state index >= 15 is 0 Å². The number of carboxylic acids is 1. The van der Waals surface area contributed by atoms with E-state index < -0.39 is 26.8 Å². The van der Waals surface area contributed by atoms with Crippen LogP contribution in [0.15, 0.2) is 17.2 Å². The van der Waals surface area contributed by atoms with Gasteiger partial charge in [-0.15, -0.1) is 0 Å². The van der Waals surface area contributed by atoms with E-state index in [0.717, 1.165) is 12.3 Å². The van der Waals surface area contributed by atoms with Crippen LogP contribution in [0, 0.1) is 0 Å². The molecule has 1 rings (SSSR count). The number of carbonyl (C=O) groups is 1. The van der Waals surface area contributed by atoms with Crippen LogP contribution in [0.3, 0.4) is 0 Å². The minimum atomic E-state index is -3.78. The Morgan fingerprint density at radius 1 is 1.61 bits per heavy atom. The van der Waals surface area contributed by atoms with Crippen molar-refractivity contribution >= 4 is 26.8 Å². The van der Waals surface area contributed by atoms with Gasteiger partial charge in [0.15, 0.2) is 0 Å². The smallest absolute Gasteiger partial charge is 0.352 e. The maximum absolute atomic E-state index is 11.8. The number of carboxylic acid groups (broad SMARTS) is 1. The zero-order valence-corrected chi connectivity index (χ0v) is 11.5. The van der Waals surface area contributed by atoms with E-state index in [2.05, 4.69) is 9.71 Å². The Morgan fingerprint density at radius 2 is 2.22 bits per heavy atom. The maximum Gasteiger partial charge on any atom is 0.352 e. The van der Waals surface area contributed by atoms with Gasteiger partial charge in [0.2, 0.25) is 10.0 Å². The van der Waals surface area contributed by atoms with E-state index in [4.69, 9.17) is 5.11 Å². The lowest BCUT2D eigenvalue weighted by Gasteiger charge is -2.09. The fourth-order valence-electron chi connectivity index (χ4n) is 1.08. The predicted octanol–water partition coefficient (Wildman–Crippen LogP) is -0.242. The average Bonchev–Trinajstić information content (AvgIpc) is 2.75. The molecule has 18 heavy (non-hydrogen) atoms. The second kappa shape index (κ2) is 5.63. The molecular weight excluding hydrogens is 280 g/mol. The van der Waals surface area contributed by atoms with E-state index in [-0.39, 0.29) is 22.4 Å². The number of sulfonamides is 1. The highest BCUT2D eigenvalue weighted by Gasteiger charge is 2.19. The van der Waals surface area contributed by atoms with Crippen molar-refractivity contribution in [3.8, 4) is 0 Å². The summed E-state index contributed by atoms with van der Waals surface area (Å²) in [6, 6.07) is 1.03. The van der Waals surface area contributed by atoms with Crippen molar-refractivity contribution in [2.75, 3.05) is 12.8 Å². The maximum atomic E-state index is 11.8.